The third-order valence-corrected chi connectivity index (χ3v) is 2.89. The number of hydrogen-bond acceptors (Lipinski definition) is 5. The molecule has 0 bridgehead atoms. The molecule has 1 aliphatic rings. The highest BCUT2D eigenvalue weighted by Crippen LogP contribution is 2.22. The van der Waals surface area contributed by atoms with Crippen LogP contribution in [0.3, 0.4) is 0 Å². The van der Waals surface area contributed by atoms with E-state index in [-0.39, 0.29) is 19.1 Å². The maximum Gasteiger partial charge on any atom is 0.0979 e. The quantitative estimate of drug-likeness (QED) is 0.429. The average Bonchev–Trinajstić information content (AvgIpc) is 2.16. The van der Waals surface area contributed by atoms with E-state index < -0.39 is 18.2 Å². The Morgan fingerprint density at radius 3 is 2.36 bits per heavy atom. The third-order valence-electron chi connectivity index (χ3n) is 2.89. The number of aliphatic hydroxyl groups is 4. The highest BCUT2D eigenvalue weighted by Gasteiger charge is 2.39. The predicted octanol–water partition coefficient (Wildman–Crippen LogP) is -1.99. The van der Waals surface area contributed by atoms with Gasteiger partial charge in [0.15, 0.2) is 0 Å². The lowest BCUT2D eigenvalue weighted by Gasteiger charge is -2.43. The zero-order valence-electron chi connectivity index (χ0n) is 8.37. The summed E-state index contributed by atoms with van der Waals surface area (Å²) in [4.78, 5) is 1.81. The number of rotatable bonds is 3. The number of nitrogens with zero attached hydrogens (tertiary/aromatic N) is 1. The van der Waals surface area contributed by atoms with Crippen molar-refractivity contribution < 1.29 is 20.4 Å². The lowest BCUT2D eigenvalue weighted by molar-refractivity contribution is -0.116. The molecule has 14 heavy (non-hydrogen) atoms. The summed E-state index contributed by atoms with van der Waals surface area (Å²) in [5.74, 6) is -0.0423. The molecule has 0 amide bonds. The number of likely N-dealkylation sites (tertiary alicyclic amines) is 1. The molecule has 1 rings (SSSR count). The molecule has 1 saturated heterocycles. The molecule has 84 valence electrons. The zero-order chi connectivity index (χ0) is 10.7. The first-order chi connectivity index (χ1) is 6.61. The molecule has 0 aromatic rings. The van der Waals surface area contributed by atoms with Gasteiger partial charge in [0.25, 0.3) is 0 Å². The molecule has 5 heteroatoms. The van der Waals surface area contributed by atoms with Crippen LogP contribution in [0.15, 0.2) is 0 Å². The van der Waals surface area contributed by atoms with E-state index in [1.807, 2.05) is 11.8 Å². The Kier molecular flexibility index (Phi) is 4.28. The molecular weight excluding hydrogens is 186 g/mol. The second-order valence-corrected chi connectivity index (χ2v) is 3.93. The Morgan fingerprint density at radius 1 is 1.21 bits per heavy atom. The highest BCUT2D eigenvalue weighted by molar-refractivity contribution is 4.92. The van der Waals surface area contributed by atoms with Crippen LogP contribution in [0, 0.1) is 5.92 Å². The standard InChI is InChI=1S/C9H19NO4/c1-6-4-10(2-3-11)7(5-12)9(14)8(6)13/h6-9,11-14H,2-5H2,1H3. The highest BCUT2D eigenvalue weighted by atomic mass is 16.3. The fourth-order valence-electron chi connectivity index (χ4n) is 2.00. The van der Waals surface area contributed by atoms with Gasteiger partial charge in [0.2, 0.25) is 0 Å². The van der Waals surface area contributed by atoms with Crippen molar-refractivity contribution in [2.24, 2.45) is 5.92 Å². The van der Waals surface area contributed by atoms with Gasteiger partial charge in [0.05, 0.1) is 31.5 Å². The number of hydrogen-bond donors (Lipinski definition) is 4. The van der Waals surface area contributed by atoms with E-state index in [1.165, 1.54) is 0 Å². The summed E-state index contributed by atoms with van der Waals surface area (Å²) in [5.41, 5.74) is 0. The minimum atomic E-state index is -0.935. The second kappa shape index (κ2) is 5.04. The first-order valence-electron chi connectivity index (χ1n) is 4.93. The summed E-state index contributed by atoms with van der Waals surface area (Å²) in [6.07, 6.45) is -1.72. The molecule has 4 unspecified atom stereocenters. The van der Waals surface area contributed by atoms with Gasteiger partial charge in [0, 0.05) is 13.1 Å². The lowest BCUT2D eigenvalue weighted by Crippen LogP contribution is -2.60. The van der Waals surface area contributed by atoms with Crippen molar-refractivity contribution in [3.63, 3.8) is 0 Å². The maximum atomic E-state index is 9.67. The van der Waals surface area contributed by atoms with Crippen LogP contribution in [0.5, 0.6) is 0 Å². The molecule has 1 heterocycles. The summed E-state index contributed by atoms with van der Waals surface area (Å²) in [6, 6.07) is -0.464. The monoisotopic (exact) mass is 205 g/mol. The van der Waals surface area contributed by atoms with Crippen LogP contribution < -0.4 is 0 Å². The van der Waals surface area contributed by atoms with Gasteiger partial charge in [-0.15, -0.1) is 0 Å². The predicted molar refractivity (Wildman–Crippen MR) is 50.7 cm³/mol. The van der Waals surface area contributed by atoms with E-state index in [4.69, 9.17) is 10.2 Å². The van der Waals surface area contributed by atoms with Crippen molar-refractivity contribution >= 4 is 0 Å². The van der Waals surface area contributed by atoms with Crippen molar-refractivity contribution in [3.8, 4) is 0 Å². The van der Waals surface area contributed by atoms with Crippen LogP contribution in [-0.4, -0.2) is 69.9 Å². The molecule has 4 N–H and O–H groups in total. The minimum Gasteiger partial charge on any atom is -0.395 e. The molecule has 0 aliphatic carbocycles. The molecule has 5 nitrogen and oxygen atoms in total. The smallest absolute Gasteiger partial charge is 0.0979 e. The Hall–Kier alpha value is -0.200. The first-order valence-corrected chi connectivity index (χ1v) is 4.93. The molecule has 4 atom stereocenters. The van der Waals surface area contributed by atoms with Gasteiger partial charge in [-0.2, -0.15) is 0 Å². The van der Waals surface area contributed by atoms with E-state index in [9.17, 15) is 10.2 Å². The minimum absolute atomic E-state index is 0.00790. The van der Waals surface area contributed by atoms with Crippen LogP contribution in [0.4, 0.5) is 0 Å². The van der Waals surface area contributed by atoms with E-state index >= 15 is 0 Å². The van der Waals surface area contributed by atoms with Crippen LogP contribution in [0.25, 0.3) is 0 Å². The molecule has 0 spiro atoms. The fraction of sp³-hybridized carbons (Fsp3) is 1.00. The normalized spacial score (nSPS) is 40.1. The summed E-state index contributed by atoms with van der Waals surface area (Å²) in [7, 11) is 0. The Morgan fingerprint density at radius 2 is 1.86 bits per heavy atom. The molecule has 1 aliphatic heterocycles. The Labute approximate surface area is 83.6 Å². The number of β-amino-alcohol motifs (C(OH)–C–C–N with tert-alkyl or cyclic N) is 1. The zero-order valence-corrected chi connectivity index (χ0v) is 8.37. The maximum absolute atomic E-state index is 9.67. The molecular formula is C9H19NO4. The summed E-state index contributed by atoms with van der Waals surface area (Å²) in [6.45, 7) is 2.63. The average molecular weight is 205 g/mol. The summed E-state index contributed by atoms with van der Waals surface area (Å²) in [5, 5.41) is 37.1. The fourth-order valence-corrected chi connectivity index (χ4v) is 2.00. The van der Waals surface area contributed by atoms with Gasteiger partial charge < -0.3 is 20.4 Å². The van der Waals surface area contributed by atoms with E-state index in [0.717, 1.165) is 0 Å². The summed E-state index contributed by atoms with van der Waals surface area (Å²) < 4.78 is 0. The summed E-state index contributed by atoms with van der Waals surface area (Å²) >= 11 is 0. The van der Waals surface area contributed by atoms with E-state index in [2.05, 4.69) is 0 Å². The van der Waals surface area contributed by atoms with Crippen LogP contribution >= 0.6 is 0 Å². The van der Waals surface area contributed by atoms with Gasteiger partial charge in [-0.25, -0.2) is 0 Å². The third kappa shape index (κ3) is 2.24. The van der Waals surface area contributed by atoms with Crippen molar-refractivity contribution in [1.29, 1.82) is 0 Å². The van der Waals surface area contributed by atoms with Gasteiger partial charge in [0.1, 0.15) is 0 Å². The van der Waals surface area contributed by atoms with E-state index in [1.54, 1.807) is 0 Å². The van der Waals surface area contributed by atoms with Crippen molar-refractivity contribution in [2.45, 2.75) is 25.2 Å². The second-order valence-electron chi connectivity index (χ2n) is 3.93. The Balaban J connectivity index is 2.66. The van der Waals surface area contributed by atoms with Crippen molar-refractivity contribution in [1.82, 2.24) is 4.90 Å². The van der Waals surface area contributed by atoms with Gasteiger partial charge in [-0.3, -0.25) is 4.90 Å². The van der Waals surface area contributed by atoms with Crippen molar-refractivity contribution in [3.05, 3.63) is 0 Å². The molecule has 0 aromatic heterocycles. The molecule has 0 aromatic carbocycles. The van der Waals surface area contributed by atoms with Crippen LogP contribution in [0.1, 0.15) is 6.92 Å². The number of aliphatic hydroxyl groups excluding tert-OH is 4. The van der Waals surface area contributed by atoms with Crippen LogP contribution in [0.2, 0.25) is 0 Å². The largest absolute Gasteiger partial charge is 0.395 e. The lowest BCUT2D eigenvalue weighted by atomic mass is 9.89. The number of piperidine rings is 1. The van der Waals surface area contributed by atoms with Crippen molar-refractivity contribution in [2.75, 3.05) is 26.3 Å². The molecule has 1 fully saturated rings. The molecule has 0 saturated carbocycles. The van der Waals surface area contributed by atoms with E-state index in [0.29, 0.717) is 13.1 Å². The van der Waals surface area contributed by atoms with Gasteiger partial charge in [-0.05, 0) is 5.92 Å². The first kappa shape index (κ1) is 11.9. The molecule has 0 radical (unpaired) electrons. The van der Waals surface area contributed by atoms with Crippen LogP contribution in [-0.2, 0) is 0 Å². The topological polar surface area (TPSA) is 84.2 Å². The SMILES string of the molecule is CC1CN(CCO)C(CO)C(O)C1O. The van der Waals surface area contributed by atoms with Gasteiger partial charge in [-0.1, -0.05) is 6.92 Å². The Bertz CT molecular complexity index is 178. The van der Waals surface area contributed by atoms with Gasteiger partial charge >= 0.3 is 0 Å².